The van der Waals surface area contributed by atoms with E-state index in [9.17, 15) is 4.79 Å². The van der Waals surface area contributed by atoms with E-state index in [1.165, 1.54) is 6.08 Å². The number of anilines is 1. The fraction of sp³-hybridized carbons (Fsp3) is 0.105. The van der Waals surface area contributed by atoms with Gasteiger partial charge in [-0.05, 0) is 35.4 Å². The molecule has 0 saturated heterocycles. The van der Waals surface area contributed by atoms with Crippen molar-refractivity contribution >= 4 is 29.6 Å². The van der Waals surface area contributed by atoms with Crippen LogP contribution in [0.15, 0.2) is 59.0 Å². The Hall–Kier alpha value is -3.12. The van der Waals surface area contributed by atoms with Crippen LogP contribution in [-0.4, -0.2) is 23.2 Å². The standard InChI is InChI=1S/C19H16ClN3O3/c1-25-15-9-6-13(7-10-15)12-18-22-23-19(26-18)21-17(24)11-8-14-4-2-3-5-16(14)20/h2-11H,12H2,1H3,(H,21,23,24)/b11-8+. The van der Waals surface area contributed by atoms with Gasteiger partial charge in [0.15, 0.2) is 0 Å². The zero-order chi connectivity index (χ0) is 18.4. The topological polar surface area (TPSA) is 77.3 Å². The molecule has 3 aromatic rings. The van der Waals surface area contributed by atoms with Crippen molar-refractivity contribution < 1.29 is 13.9 Å². The third kappa shape index (κ3) is 4.70. The SMILES string of the molecule is COc1ccc(Cc2nnc(NC(=O)/C=C/c3ccccc3Cl)o2)cc1. The summed E-state index contributed by atoms with van der Waals surface area (Å²) < 4.78 is 10.6. The number of carbonyl (C=O) groups excluding carboxylic acids is 1. The molecule has 132 valence electrons. The summed E-state index contributed by atoms with van der Waals surface area (Å²) in [7, 11) is 1.61. The van der Waals surface area contributed by atoms with Gasteiger partial charge in [-0.15, -0.1) is 5.10 Å². The van der Waals surface area contributed by atoms with E-state index in [4.69, 9.17) is 20.8 Å². The molecule has 6 nitrogen and oxygen atoms in total. The molecule has 0 unspecified atom stereocenters. The van der Waals surface area contributed by atoms with Crippen molar-refractivity contribution in [3.63, 3.8) is 0 Å². The first-order valence-corrected chi connectivity index (χ1v) is 8.21. The highest BCUT2D eigenvalue weighted by Crippen LogP contribution is 2.17. The molecule has 1 N–H and O–H groups in total. The third-order valence-electron chi connectivity index (χ3n) is 3.53. The van der Waals surface area contributed by atoms with Gasteiger partial charge in [0.2, 0.25) is 5.89 Å². The molecule has 7 heteroatoms. The first kappa shape index (κ1) is 17.7. The summed E-state index contributed by atoms with van der Waals surface area (Å²) in [6.07, 6.45) is 3.43. The maximum atomic E-state index is 12.0. The van der Waals surface area contributed by atoms with Crippen LogP contribution in [0.3, 0.4) is 0 Å². The Morgan fingerprint density at radius 1 is 1.19 bits per heavy atom. The van der Waals surface area contributed by atoms with Gasteiger partial charge >= 0.3 is 6.01 Å². The van der Waals surface area contributed by atoms with Gasteiger partial charge in [-0.2, -0.15) is 0 Å². The molecule has 0 fully saturated rings. The third-order valence-corrected chi connectivity index (χ3v) is 3.88. The van der Waals surface area contributed by atoms with Crippen LogP contribution in [0.2, 0.25) is 5.02 Å². The summed E-state index contributed by atoms with van der Waals surface area (Å²) in [5, 5.41) is 10.8. The van der Waals surface area contributed by atoms with E-state index in [0.29, 0.717) is 17.3 Å². The maximum absolute atomic E-state index is 12.0. The lowest BCUT2D eigenvalue weighted by atomic mass is 10.1. The van der Waals surface area contributed by atoms with Crippen LogP contribution in [0.5, 0.6) is 5.75 Å². The predicted molar refractivity (Wildman–Crippen MR) is 99.2 cm³/mol. The van der Waals surface area contributed by atoms with Gasteiger partial charge in [0, 0.05) is 11.1 Å². The highest BCUT2D eigenvalue weighted by molar-refractivity contribution is 6.32. The molecule has 0 aliphatic rings. The van der Waals surface area contributed by atoms with Crippen molar-refractivity contribution in [2.45, 2.75) is 6.42 Å². The van der Waals surface area contributed by atoms with Gasteiger partial charge in [-0.1, -0.05) is 47.0 Å². The van der Waals surface area contributed by atoms with E-state index < -0.39 is 0 Å². The number of nitrogens with zero attached hydrogens (tertiary/aromatic N) is 2. The Bertz CT molecular complexity index is 920. The number of hydrogen-bond donors (Lipinski definition) is 1. The van der Waals surface area contributed by atoms with E-state index in [1.807, 2.05) is 42.5 Å². The maximum Gasteiger partial charge on any atom is 0.322 e. The first-order chi connectivity index (χ1) is 12.6. The number of carbonyl (C=O) groups is 1. The van der Waals surface area contributed by atoms with E-state index in [1.54, 1.807) is 19.3 Å². The fourth-order valence-corrected chi connectivity index (χ4v) is 2.42. The van der Waals surface area contributed by atoms with Gasteiger partial charge in [0.1, 0.15) is 5.75 Å². The molecule has 1 heterocycles. The average molecular weight is 370 g/mol. The largest absolute Gasteiger partial charge is 0.497 e. The van der Waals surface area contributed by atoms with Crippen molar-refractivity contribution in [2.75, 3.05) is 12.4 Å². The molecule has 0 spiro atoms. The minimum absolute atomic E-state index is 0.0438. The van der Waals surface area contributed by atoms with E-state index in [-0.39, 0.29) is 11.9 Å². The van der Waals surface area contributed by atoms with Crippen LogP contribution < -0.4 is 10.1 Å². The Morgan fingerprint density at radius 2 is 1.96 bits per heavy atom. The van der Waals surface area contributed by atoms with E-state index in [0.717, 1.165) is 16.9 Å². The van der Waals surface area contributed by atoms with Crippen LogP contribution in [0, 0.1) is 0 Å². The van der Waals surface area contributed by atoms with Gasteiger partial charge in [0.25, 0.3) is 5.91 Å². The molecule has 2 aromatic carbocycles. The van der Waals surface area contributed by atoms with Crippen molar-refractivity contribution in [2.24, 2.45) is 0 Å². The molecule has 0 aliphatic carbocycles. The fourth-order valence-electron chi connectivity index (χ4n) is 2.22. The Balaban J connectivity index is 1.59. The summed E-state index contributed by atoms with van der Waals surface area (Å²) in [5.74, 6) is 0.794. The smallest absolute Gasteiger partial charge is 0.322 e. The summed E-state index contributed by atoms with van der Waals surface area (Å²) in [5.41, 5.74) is 1.74. The second-order valence-corrected chi connectivity index (χ2v) is 5.78. The normalized spacial score (nSPS) is 10.8. The zero-order valence-corrected chi connectivity index (χ0v) is 14.7. The van der Waals surface area contributed by atoms with Crippen molar-refractivity contribution in [3.05, 3.63) is 76.6 Å². The lowest BCUT2D eigenvalue weighted by Crippen LogP contribution is -2.07. The number of benzene rings is 2. The monoisotopic (exact) mass is 369 g/mol. The highest BCUT2D eigenvalue weighted by Gasteiger charge is 2.09. The Labute approximate surface area is 155 Å². The number of nitrogens with one attached hydrogen (secondary N) is 1. The molecule has 0 atom stereocenters. The Kier molecular flexibility index (Phi) is 5.66. The zero-order valence-electron chi connectivity index (χ0n) is 14.0. The van der Waals surface area contributed by atoms with Crippen molar-refractivity contribution in [3.8, 4) is 5.75 Å². The summed E-state index contributed by atoms with van der Waals surface area (Å²) >= 11 is 6.04. The van der Waals surface area contributed by atoms with Gasteiger partial charge in [-0.3, -0.25) is 10.1 Å². The Morgan fingerprint density at radius 3 is 2.69 bits per heavy atom. The molecule has 26 heavy (non-hydrogen) atoms. The number of rotatable bonds is 6. The van der Waals surface area contributed by atoms with Crippen LogP contribution >= 0.6 is 11.6 Å². The number of ether oxygens (including phenoxy) is 1. The second-order valence-electron chi connectivity index (χ2n) is 5.37. The van der Waals surface area contributed by atoms with Crippen molar-refractivity contribution in [1.29, 1.82) is 0 Å². The molecule has 0 radical (unpaired) electrons. The molecule has 3 rings (SSSR count). The molecule has 0 bridgehead atoms. The van der Waals surface area contributed by atoms with Crippen LogP contribution in [0.25, 0.3) is 6.08 Å². The number of halogens is 1. The predicted octanol–water partition coefficient (Wildman–Crippen LogP) is 3.97. The summed E-state index contributed by atoms with van der Waals surface area (Å²) in [4.78, 5) is 12.0. The van der Waals surface area contributed by atoms with Gasteiger partial charge in [-0.25, -0.2) is 0 Å². The molecule has 0 aliphatic heterocycles. The summed E-state index contributed by atoms with van der Waals surface area (Å²) in [6.45, 7) is 0. The number of aromatic nitrogens is 2. The average Bonchev–Trinajstić information content (AvgIpc) is 3.08. The van der Waals surface area contributed by atoms with Gasteiger partial charge in [0.05, 0.1) is 13.5 Å². The number of hydrogen-bond acceptors (Lipinski definition) is 5. The summed E-state index contributed by atoms with van der Waals surface area (Å²) in [6, 6.07) is 14.8. The van der Waals surface area contributed by atoms with Crippen LogP contribution in [0.4, 0.5) is 6.01 Å². The molecule has 0 saturated carbocycles. The van der Waals surface area contributed by atoms with Crippen LogP contribution in [-0.2, 0) is 11.2 Å². The molecular weight excluding hydrogens is 354 g/mol. The lowest BCUT2D eigenvalue weighted by molar-refractivity contribution is -0.112. The van der Waals surface area contributed by atoms with E-state index >= 15 is 0 Å². The molecule has 1 aromatic heterocycles. The minimum Gasteiger partial charge on any atom is -0.497 e. The molecule has 1 amide bonds. The van der Waals surface area contributed by atoms with E-state index in [2.05, 4.69) is 15.5 Å². The molecular formula is C19H16ClN3O3. The van der Waals surface area contributed by atoms with Crippen molar-refractivity contribution in [1.82, 2.24) is 10.2 Å². The number of amides is 1. The lowest BCUT2D eigenvalue weighted by Gasteiger charge is -2.00. The second kappa shape index (κ2) is 8.31. The highest BCUT2D eigenvalue weighted by atomic mass is 35.5. The minimum atomic E-state index is -0.385. The van der Waals surface area contributed by atoms with Gasteiger partial charge < -0.3 is 9.15 Å². The first-order valence-electron chi connectivity index (χ1n) is 7.83. The van der Waals surface area contributed by atoms with Crippen LogP contribution in [0.1, 0.15) is 17.0 Å². The number of methoxy groups -OCH3 is 1. The quantitative estimate of drug-likeness (QED) is 0.665.